The van der Waals surface area contributed by atoms with Crippen LogP contribution in [-0.2, 0) is 0 Å². The number of nitrogens with zero attached hydrogens (tertiary/aromatic N) is 3. The third kappa shape index (κ3) is 3.08. The van der Waals surface area contributed by atoms with Gasteiger partial charge in [-0.3, -0.25) is 10.1 Å². The number of fused-ring (bicyclic) bond motifs is 5. The van der Waals surface area contributed by atoms with Gasteiger partial charge in [-0.05, 0) is 47.9 Å². The second-order valence-corrected chi connectivity index (χ2v) is 10.6. The van der Waals surface area contributed by atoms with Crippen LogP contribution in [-0.4, -0.2) is 33.6 Å². The van der Waals surface area contributed by atoms with Gasteiger partial charge in [-0.25, -0.2) is 10.0 Å². The van der Waals surface area contributed by atoms with Gasteiger partial charge in [0, 0.05) is 38.1 Å². The fraction of sp³-hybridized carbons (Fsp3) is 0.280. The molecular weight excluding hydrogens is 541 g/mol. The zero-order valence-electron chi connectivity index (χ0n) is 17.9. The molecule has 0 saturated carbocycles. The van der Waals surface area contributed by atoms with Gasteiger partial charge in [-0.1, -0.05) is 75.5 Å². The van der Waals surface area contributed by atoms with Crippen molar-refractivity contribution in [3.05, 3.63) is 108 Å². The van der Waals surface area contributed by atoms with E-state index in [0.717, 1.165) is 28.6 Å². The predicted octanol–water partition coefficient (Wildman–Crippen LogP) is 6.62. The summed E-state index contributed by atoms with van der Waals surface area (Å²) in [6, 6.07) is 19.3. The van der Waals surface area contributed by atoms with E-state index in [-0.39, 0.29) is 4.92 Å². The maximum absolute atomic E-state index is 13.4. The van der Waals surface area contributed by atoms with Crippen LogP contribution in [0.4, 0.5) is 0 Å². The molecule has 0 amide bonds. The second-order valence-electron chi connectivity index (χ2n) is 8.89. The molecule has 3 aliphatic rings. The maximum atomic E-state index is 13.4. The van der Waals surface area contributed by atoms with Crippen molar-refractivity contribution >= 4 is 39.1 Å². The Kier molecular flexibility index (Phi) is 5.39. The van der Waals surface area contributed by atoms with Crippen LogP contribution in [0, 0.1) is 10.1 Å². The van der Waals surface area contributed by atoms with Gasteiger partial charge >= 0.3 is 5.54 Å². The Balaban J connectivity index is 1.69. The molecule has 3 heterocycles. The quantitative estimate of drug-likeness (QED) is 0.266. The van der Waals surface area contributed by atoms with Crippen LogP contribution in [0.3, 0.4) is 0 Å². The first kappa shape index (κ1) is 22.3. The highest BCUT2D eigenvalue weighted by molar-refractivity contribution is 9.10. The molecule has 0 radical (unpaired) electrons. The minimum Gasteiger partial charge on any atom is -0.478 e. The summed E-state index contributed by atoms with van der Waals surface area (Å²) >= 11 is 16.5. The molecule has 6 rings (SSSR count). The summed E-state index contributed by atoms with van der Waals surface area (Å²) in [5, 5.41) is 18.6. The average Bonchev–Trinajstić information content (AvgIpc) is 3.39. The van der Waals surface area contributed by atoms with Gasteiger partial charge in [0.15, 0.2) is 6.10 Å². The van der Waals surface area contributed by atoms with Gasteiger partial charge in [-0.2, -0.15) is 0 Å². The highest BCUT2D eigenvalue weighted by Crippen LogP contribution is 2.64. The van der Waals surface area contributed by atoms with E-state index in [1.807, 2.05) is 54.6 Å². The van der Waals surface area contributed by atoms with Crippen LogP contribution < -0.4 is 4.74 Å². The van der Waals surface area contributed by atoms with Gasteiger partial charge in [0.05, 0.1) is 0 Å². The first-order valence-corrected chi connectivity index (χ1v) is 12.6. The van der Waals surface area contributed by atoms with Crippen molar-refractivity contribution < 1.29 is 9.66 Å². The topological polar surface area (TPSA) is 58.9 Å². The van der Waals surface area contributed by atoms with Crippen molar-refractivity contribution in [2.24, 2.45) is 0 Å². The Hall–Kier alpha value is -2.16. The lowest BCUT2D eigenvalue weighted by Gasteiger charge is -2.43. The van der Waals surface area contributed by atoms with Crippen LogP contribution in [0.25, 0.3) is 0 Å². The number of hydrazine groups is 1. The minimum atomic E-state index is -1.55. The molecule has 0 N–H and O–H groups in total. The smallest absolute Gasteiger partial charge is 0.303 e. The summed E-state index contributed by atoms with van der Waals surface area (Å²) < 4.78 is 7.40. The number of ether oxygens (including phenoxy) is 1. The summed E-state index contributed by atoms with van der Waals surface area (Å²) in [7, 11) is 0. The summed E-state index contributed by atoms with van der Waals surface area (Å²) in [6.07, 6.45) is 0.0800. The van der Waals surface area contributed by atoms with Crippen LogP contribution in [0.15, 0.2) is 71.2 Å². The van der Waals surface area contributed by atoms with Crippen molar-refractivity contribution in [2.75, 3.05) is 13.1 Å². The zero-order chi connectivity index (χ0) is 23.6. The molecule has 0 unspecified atom stereocenters. The minimum absolute atomic E-state index is 0.132. The summed E-state index contributed by atoms with van der Waals surface area (Å²) in [5.74, 6) is 0.661. The van der Waals surface area contributed by atoms with Crippen molar-refractivity contribution in [3.63, 3.8) is 0 Å². The lowest BCUT2D eigenvalue weighted by Crippen LogP contribution is -2.56. The van der Waals surface area contributed by atoms with E-state index in [1.54, 1.807) is 12.1 Å². The van der Waals surface area contributed by atoms with Gasteiger partial charge in [0.25, 0.3) is 0 Å². The molecule has 0 aliphatic carbocycles. The fourth-order valence-electron chi connectivity index (χ4n) is 5.98. The second kappa shape index (κ2) is 8.21. The highest BCUT2D eigenvalue weighted by Gasteiger charge is 2.76. The molecule has 3 aliphatic heterocycles. The first-order chi connectivity index (χ1) is 16.4. The molecular formula is C25H20BrCl2N3O3. The Morgan fingerprint density at radius 3 is 2.35 bits per heavy atom. The SMILES string of the molecule is O=[N+]([O-])[C@@]12[C@@H](c3ccccc3)Oc3ccc(Br)cc3[C@@H]1N1CCCN1[C@H]2c1ccc(Cl)cc1Cl. The molecule has 0 aromatic heterocycles. The fourth-order valence-corrected chi connectivity index (χ4v) is 6.87. The summed E-state index contributed by atoms with van der Waals surface area (Å²) in [5.41, 5.74) is 0.695. The number of hydrogen-bond donors (Lipinski definition) is 0. The molecule has 2 saturated heterocycles. The van der Waals surface area contributed by atoms with Gasteiger partial charge in [0.1, 0.15) is 17.8 Å². The van der Waals surface area contributed by atoms with Crippen LogP contribution in [0.5, 0.6) is 5.75 Å². The van der Waals surface area contributed by atoms with Gasteiger partial charge in [0.2, 0.25) is 0 Å². The number of benzene rings is 3. The van der Waals surface area contributed by atoms with E-state index in [1.165, 1.54) is 0 Å². The normalized spacial score (nSPS) is 28.1. The number of halogens is 3. The van der Waals surface area contributed by atoms with Crippen LogP contribution in [0.2, 0.25) is 10.0 Å². The molecule has 6 nitrogen and oxygen atoms in total. The molecule has 174 valence electrons. The van der Waals surface area contributed by atoms with E-state index >= 15 is 0 Å². The van der Waals surface area contributed by atoms with Crippen molar-refractivity contribution in [1.82, 2.24) is 10.0 Å². The third-order valence-corrected chi connectivity index (χ3v) is 8.24. The zero-order valence-corrected chi connectivity index (χ0v) is 21.0. The molecule has 0 spiro atoms. The molecule has 0 bridgehead atoms. The molecule has 3 aromatic carbocycles. The Labute approximate surface area is 215 Å². The van der Waals surface area contributed by atoms with E-state index in [9.17, 15) is 10.1 Å². The summed E-state index contributed by atoms with van der Waals surface area (Å²) in [6.45, 7) is 1.41. The average molecular weight is 561 g/mol. The monoisotopic (exact) mass is 559 g/mol. The Morgan fingerprint density at radius 2 is 1.68 bits per heavy atom. The van der Waals surface area contributed by atoms with Gasteiger partial charge < -0.3 is 4.74 Å². The maximum Gasteiger partial charge on any atom is 0.303 e. The number of hydrogen-bond acceptors (Lipinski definition) is 5. The van der Waals surface area contributed by atoms with Crippen molar-refractivity contribution in [1.29, 1.82) is 0 Å². The standard InChI is InChI=1S/C25H20BrCl2N3O3/c26-16-7-10-21-19(13-16)23-25(31(32)33,24(34-21)15-5-2-1-3-6-15)22(29-11-4-12-30(23)29)18-9-8-17(27)14-20(18)28/h1-3,5-10,13-14,22-24H,4,11-12H2/t22-,23-,24+,25+/m0/s1. The lowest BCUT2D eigenvalue weighted by atomic mass is 9.70. The first-order valence-electron chi connectivity index (χ1n) is 11.1. The molecule has 3 aromatic rings. The van der Waals surface area contributed by atoms with E-state index < -0.39 is 23.7 Å². The van der Waals surface area contributed by atoms with Gasteiger partial charge in [-0.15, -0.1) is 0 Å². The highest BCUT2D eigenvalue weighted by atomic mass is 79.9. The molecule has 4 atom stereocenters. The molecule has 34 heavy (non-hydrogen) atoms. The largest absolute Gasteiger partial charge is 0.478 e. The molecule has 9 heteroatoms. The van der Waals surface area contributed by atoms with E-state index in [4.69, 9.17) is 27.9 Å². The number of nitro groups is 1. The van der Waals surface area contributed by atoms with Crippen molar-refractivity contribution in [3.8, 4) is 5.75 Å². The number of rotatable bonds is 3. The Morgan fingerprint density at radius 1 is 0.971 bits per heavy atom. The lowest BCUT2D eigenvalue weighted by molar-refractivity contribution is -0.594. The third-order valence-electron chi connectivity index (χ3n) is 7.18. The summed E-state index contributed by atoms with van der Waals surface area (Å²) in [4.78, 5) is 13.3. The van der Waals surface area contributed by atoms with Crippen LogP contribution in [0.1, 0.15) is 41.3 Å². The van der Waals surface area contributed by atoms with E-state index in [2.05, 4.69) is 25.9 Å². The van der Waals surface area contributed by atoms with Crippen LogP contribution >= 0.6 is 39.1 Å². The van der Waals surface area contributed by atoms with E-state index in [0.29, 0.717) is 27.9 Å². The Bertz CT molecular complexity index is 1290. The predicted molar refractivity (Wildman–Crippen MR) is 134 cm³/mol. The van der Waals surface area contributed by atoms with Crippen molar-refractivity contribution in [2.45, 2.75) is 30.1 Å². The molecule has 2 fully saturated rings.